The first-order valence-electron chi connectivity index (χ1n) is 2.52. The van der Waals surface area contributed by atoms with Crippen LogP contribution in [-0.2, 0) is 13.6 Å². The van der Waals surface area contributed by atoms with Crippen molar-refractivity contribution in [1.82, 2.24) is 0 Å². The summed E-state index contributed by atoms with van der Waals surface area (Å²) >= 11 is 2.94. The summed E-state index contributed by atoms with van der Waals surface area (Å²) in [5.74, 6) is 0.840. The van der Waals surface area contributed by atoms with Crippen LogP contribution in [0, 0.1) is 0 Å². The van der Waals surface area contributed by atoms with Gasteiger partial charge in [0, 0.05) is 4.57 Å². The molecule has 0 saturated heterocycles. The molecule has 0 rings (SSSR count). The van der Waals surface area contributed by atoms with Gasteiger partial charge in [-0.05, 0) is 12.5 Å². The van der Waals surface area contributed by atoms with Crippen molar-refractivity contribution in [3.05, 3.63) is 0 Å². The maximum atomic E-state index is 10.6. The molecular formula is C4H10O3PS2+. The third kappa shape index (κ3) is 6.83. The van der Waals surface area contributed by atoms with Crippen molar-refractivity contribution in [1.29, 1.82) is 0 Å². The van der Waals surface area contributed by atoms with Crippen LogP contribution in [0.4, 0.5) is 0 Å². The first-order chi connectivity index (χ1) is 4.81. The summed E-state index contributed by atoms with van der Waals surface area (Å²) in [4.78, 5) is 0. The van der Waals surface area contributed by atoms with E-state index in [1.165, 1.54) is 23.5 Å². The summed E-state index contributed by atoms with van der Waals surface area (Å²) in [6.07, 6.45) is 3.75. The SMILES string of the molecule is CSCO[P+](=O)OCSC. The average molecular weight is 201 g/mol. The molecular weight excluding hydrogens is 191 g/mol. The lowest BCUT2D eigenvalue weighted by Gasteiger charge is -1.85. The highest BCUT2D eigenvalue weighted by Gasteiger charge is 2.18. The lowest BCUT2D eigenvalue weighted by Crippen LogP contribution is -1.83. The summed E-state index contributed by atoms with van der Waals surface area (Å²) in [5, 5.41) is 0. The van der Waals surface area contributed by atoms with Crippen LogP contribution in [0.25, 0.3) is 0 Å². The highest BCUT2D eigenvalue weighted by atomic mass is 32.2. The normalized spacial score (nSPS) is 9.80. The van der Waals surface area contributed by atoms with Gasteiger partial charge >= 0.3 is 8.25 Å². The molecule has 6 heteroatoms. The van der Waals surface area contributed by atoms with E-state index in [0.717, 1.165) is 0 Å². The number of rotatable bonds is 6. The van der Waals surface area contributed by atoms with Crippen LogP contribution >= 0.6 is 31.8 Å². The second-order valence-electron chi connectivity index (χ2n) is 1.29. The van der Waals surface area contributed by atoms with Gasteiger partial charge in [0.1, 0.15) is 0 Å². The van der Waals surface area contributed by atoms with Gasteiger partial charge in [0.25, 0.3) is 0 Å². The van der Waals surface area contributed by atoms with E-state index in [0.29, 0.717) is 11.9 Å². The smallest absolute Gasteiger partial charge is 0.132 e. The molecule has 0 bridgehead atoms. The van der Waals surface area contributed by atoms with Gasteiger partial charge in [-0.1, -0.05) is 0 Å². The first-order valence-corrected chi connectivity index (χ1v) is 6.40. The number of hydrogen-bond donors (Lipinski definition) is 0. The summed E-state index contributed by atoms with van der Waals surface area (Å²) in [5.41, 5.74) is 0. The third-order valence-corrected chi connectivity index (χ3v) is 2.29. The van der Waals surface area contributed by atoms with Crippen LogP contribution in [0.2, 0.25) is 0 Å². The molecule has 0 aromatic carbocycles. The average Bonchev–Trinajstić information content (AvgIpc) is 1.97. The van der Waals surface area contributed by atoms with Crippen molar-refractivity contribution in [2.45, 2.75) is 0 Å². The zero-order valence-corrected chi connectivity index (χ0v) is 8.43. The predicted octanol–water partition coefficient (Wildman–Crippen LogP) is 2.32. The molecule has 0 aromatic heterocycles. The van der Waals surface area contributed by atoms with Crippen LogP contribution in [0.5, 0.6) is 0 Å². The van der Waals surface area contributed by atoms with Crippen molar-refractivity contribution in [2.75, 3.05) is 24.4 Å². The lowest BCUT2D eigenvalue weighted by molar-refractivity contribution is 0.285. The fraction of sp³-hybridized carbons (Fsp3) is 1.00. The Morgan fingerprint density at radius 1 is 1.20 bits per heavy atom. The second-order valence-corrected chi connectivity index (χ2v) is 3.88. The van der Waals surface area contributed by atoms with Crippen LogP contribution in [-0.4, -0.2) is 24.4 Å². The van der Waals surface area contributed by atoms with E-state index in [-0.39, 0.29) is 0 Å². The van der Waals surface area contributed by atoms with E-state index in [1.807, 2.05) is 12.5 Å². The fourth-order valence-electron chi connectivity index (χ4n) is 0.229. The Kier molecular flexibility index (Phi) is 8.39. The highest BCUT2D eigenvalue weighted by Crippen LogP contribution is 2.25. The second kappa shape index (κ2) is 7.82. The molecule has 0 aliphatic carbocycles. The van der Waals surface area contributed by atoms with Gasteiger partial charge in [0.2, 0.25) is 0 Å². The Hall–Kier alpha value is 0.720. The summed E-state index contributed by atoms with van der Waals surface area (Å²) in [7, 11) is -1.88. The Labute approximate surface area is 70.2 Å². The summed E-state index contributed by atoms with van der Waals surface area (Å²) in [6.45, 7) is 0. The van der Waals surface area contributed by atoms with Crippen molar-refractivity contribution >= 4 is 31.8 Å². The Bertz CT molecular complexity index is 90.5. The number of hydrogen-bond acceptors (Lipinski definition) is 5. The van der Waals surface area contributed by atoms with E-state index >= 15 is 0 Å². The minimum atomic E-state index is -1.88. The van der Waals surface area contributed by atoms with Gasteiger partial charge in [0.15, 0.2) is 11.9 Å². The fourth-order valence-corrected chi connectivity index (χ4v) is 1.84. The van der Waals surface area contributed by atoms with Crippen molar-refractivity contribution in [2.24, 2.45) is 0 Å². The first kappa shape index (κ1) is 10.7. The van der Waals surface area contributed by atoms with Crippen molar-refractivity contribution in [3.8, 4) is 0 Å². The van der Waals surface area contributed by atoms with Crippen molar-refractivity contribution < 1.29 is 13.6 Å². The van der Waals surface area contributed by atoms with Gasteiger partial charge in [0.05, 0.1) is 0 Å². The molecule has 0 fully saturated rings. The van der Waals surface area contributed by atoms with Gasteiger partial charge in [-0.25, -0.2) is 0 Å². The maximum Gasteiger partial charge on any atom is 0.699 e. The lowest BCUT2D eigenvalue weighted by atomic mass is 11.7. The van der Waals surface area contributed by atoms with Crippen LogP contribution < -0.4 is 0 Å². The zero-order chi connectivity index (χ0) is 7.82. The molecule has 0 aromatic rings. The highest BCUT2D eigenvalue weighted by molar-refractivity contribution is 7.98. The molecule has 3 nitrogen and oxygen atoms in total. The van der Waals surface area contributed by atoms with Crippen LogP contribution in [0.3, 0.4) is 0 Å². The molecule has 0 radical (unpaired) electrons. The van der Waals surface area contributed by atoms with Crippen LogP contribution in [0.1, 0.15) is 0 Å². The Morgan fingerprint density at radius 3 is 1.90 bits per heavy atom. The zero-order valence-electron chi connectivity index (χ0n) is 5.90. The van der Waals surface area contributed by atoms with Gasteiger partial charge in [-0.15, -0.1) is 32.6 Å². The standard InChI is InChI=1S/C4H10O3PS2/c1-9-3-6-8(5)7-4-10-2/h3-4H2,1-2H3/q+1. The van der Waals surface area contributed by atoms with Gasteiger partial charge in [-0.3, -0.25) is 0 Å². The minimum absolute atomic E-state index is 0.420. The molecule has 0 amide bonds. The summed E-state index contributed by atoms with van der Waals surface area (Å²) < 4.78 is 20.1. The minimum Gasteiger partial charge on any atom is -0.132 e. The van der Waals surface area contributed by atoms with Gasteiger partial charge in [-0.2, -0.15) is 0 Å². The quantitative estimate of drug-likeness (QED) is 0.486. The molecule has 60 valence electrons. The Balaban J connectivity index is 3.09. The summed E-state index contributed by atoms with van der Waals surface area (Å²) in [6, 6.07) is 0. The molecule has 0 atom stereocenters. The molecule has 0 aliphatic heterocycles. The third-order valence-electron chi connectivity index (χ3n) is 0.552. The molecule has 10 heavy (non-hydrogen) atoms. The van der Waals surface area contributed by atoms with Gasteiger partial charge < -0.3 is 0 Å². The van der Waals surface area contributed by atoms with Crippen molar-refractivity contribution in [3.63, 3.8) is 0 Å². The van der Waals surface area contributed by atoms with E-state index in [1.54, 1.807) is 0 Å². The van der Waals surface area contributed by atoms with E-state index in [2.05, 4.69) is 0 Å². The predicted molar refractivity (Wildman–Crippen MR) is 46.5 cm³/mol. The molecule has 0 saturated carbocycles. The molecule has 0 aliphatic rings. The molecule has 0 heterocycles. The maximum absolute atomic E-state index is 10.6. The molecule has 0 unspecified atom stereocenters. The monoisotopic (exact) mass is 201 g/mol. The topological polar surface area (TPSA) is 35.5 Å². The molecule has 0 spiro atoms. The number of thioether (sulfide) groups is 2. The molecule has 0 N–H and O–H groups in total. The Morgan fingerprint density at radius 2 is 1.60 bits per heavy atom. The van der Waals surface area contributed by atoms with E-state index < -0.39 is 8.25 Å². The van der Waals surface area contributed by atoms with E-state index in [4.69, 9.17) is 9.05 Å². The van der Waals surface area contributed by atoms with Crippen LogP contribution in [0.15, 0.2) is 0 Å². The largest absolute Gasteiger partial charge is 0.699 e. The van der Waals surface area contributed by atoms with E-state index in [9.17, 15) is 4.57 Å².